The molecular weight excluding hydrogens is 313 g/mol. The van der Waals surface area contributed by atoms with Gasteiger partial charge in [0, 0.05) is 17.9 Å². The molecule has 0 saturated carbocycles. The van der Waals surface area contributed by atoms with Crippen molar-refractivity contribution in [3.63, 3.8) is 0 Å². The lowest BCUT2D eigenvalue weighted by molar-refractivity contribution is -0.137. The number of rotatable bonds is 1. The van der Waals surface area contributed by atoms with E-state index in [4.69, 9.17) is 17.3 Å². The number of anilines is 3. The number of halogens is 4. The highest BCUT2D eigenvalue weighted by atomic mass is 35.5. The molecule has 0 saturated heterocycles. The molecular formula is C16H14ClF3N2. The van der Waals surface area contributed by atoms with E-state index < -0.39 is 11.7 Å². The first-order valence-corrected chi connectivity index (χ1v) is 7.27. The summed E-state index contributed by atoms with van der Waals surface area (Å²) in [5.74, 6) is 0. The van der Waals surface area contributed by atoms with E-state index in [2.05, 4.69) is 0 Å². The van der Waals surface area contributed by atoms with E-state index in [1.54, 1.807) is 0 Å². The van der Waals surface area contributed by atoms with Crippen molar-refractivity contribution < 1.29 is 13.2 Å². The van der Waals surface area contributed by atoms with E-state index in [0.29, 0.717) is 17.9 Å². The number of nitrogen functional groups attached to an aromatic ring is 1. The molecule has 0 atom stereocenters. The molecule has 0 bridgehead atoms. The molecule has 0 spiro atoms. The molecule has 0 fully saturated rings. The number of alkyl halides is 3. The summed E-state index contributed by atoms with van der Waals surface area (Å²) in [4.78, 5) is 1.93. The van der Waals surface area contributed by atoms with Crippen LogP contribution in [0.3, 0.4) is 0 Å². The Balaban J connectivity index is 2.05. The number of hydrogen-bond acceptors (Lipinski definition) is 2. The summed E-state index contributed by atoms with van der Waals surface area (Å²) < 4.78 is 38.2. The van der Waals surface area contributed by atoms with Crippen molar-refractivity contribution in [2.24, 2.45) is 0 Å². The SMILES string of the molecule is Nc1cccc2c1CCCN2c1ccc(C(F)(F)F)cc1Cl. The summed E-state index contributed by atoms with van der Waals surface area (Å²) in [6, 6.07) is 9.03. The van der Waals surface area contributed by atoms with Crippen molar-refractivity contribution in [2.75, 3.05) is 17.2 Å². The molecule has 3 rings (SSSR count). The van der Waals surface area contributed by atoms with Gasteiger partial charge in [0.1, 0.15) is 0 Å². The maximum absolute atomic E-state index is 12.7. The Morgan fingerprint density at radius 3 is 2.55 bits per heavy atom. The number of benzene rings is 2. The van der Waals surface area contributed by atoms with E-state index in [9.17, 15) is 13.2 Å². The van der Waals surface area contributed by atoms with Crippen molar-refractivity contribution >= 4 is 28.7 Å². The van der Waals surface area contributed by atoms with Gasteiger partial charge in [-0.1, -0.05) is 17.7 Å². The van der Waals surface area contributed by atoms with Gasteiger partial charge in [0.2, 0.25) is 0 Å². The Hall–Kier alpha value is -1.88. The van der Waals surface area contributed by atoms with Crippen LogP contribution in [0.5, 0.6) is 0 Å². The van der Waals surface area contributed by atoms with Crippen LogP contribution in [0.4, 0.5) is 30.2 Å². The van der Waals surface area contributed by atoms with Gasteiger partial charge < -0.3 is 10.6 Å². The number of fused-ring (bicyclic) bond motifs is 1. The van der Waals surface area contributed by atoms with E-state index in [1.165, 1.54) is 6.07 Å². The third kappa shape index (κ3) is 2.61. The van der Waals surface area contributed by atoms with Crippen molar-refractivity contribution in [3.05, 3.63) is 52.5 Å². The lowest BCUT2D eigenvalue weighted by Crippen LogP contribution is -2.25. The van der Waals surface area contributed by atoms with Crippen LogP contribution in [0, 0.1) is 0 Å². The highest BCUT2D eigenvalue weighted by molar-refractivity contribution is 6.33. The summed E-state index contributed by atoms with van der Waals surface area (Å²) >= 11 is 6.10. The first-order chi connectivity index (χ1) is 10.4. The van der Waals surface area contributed by atoms with E-state index in [1.807, 2.05) is 23.1 Å². The average molecular weight is 327 g/mol. The van der Waals surface area contributed by atoms with Crippen LogP contribution in [0.1, 0.15) is 17.5 Å². The van der Waals surface area contributed by atoms with Crippen LogP contribution in [-0.4, -0.2) is 6.54 Å². The van der Waals surface area contributed by atoms with Crippen molar-refractivity contribution in [1.29, 1.82) is 0 Å². The Morgan fingerprint density at radius 1 is 1.09 bits per heavy atom. The van der Waals surface area contributed by atoms with Gasteiger partial charge in [-0.2, -0.15) is 13.2 Å². The largest absolute Gasteiger partial charge is 0.416 e. The van der Waals surface area contributed by atoms with Gasteiger partial charge in [-0.25, -0.2) is 0 Å². The molecule has 2 aromatic rings. The smallest absolute Gasteiger partial charge is 0.398 e. The fourth-order valence-electron chi connectivity index (χ4n) is 2.80. The first-order valence-electron chi connectivity index (χ1n) is 6.89. The maximum atomic E-state index is 12.7. The minimum absolute atomic E-state index is 0.0881. The fourth-order valence-corrected chi connectivity index (χ4v) is 3.09. The molecule has 22 heavy (non-hydrogen) atoms. The topological polar surface area (TPSA) is 29.3 Å². The van der Waals surface area contributed by atoms with E-state index >= 15 is 0 Å². The molecule has 0 aliphatic carbocycles. The molecule has 1 aliphatic heterocycles. The first kappa shape index (κ1) is 15.0. The van der Waals surface area contributed by atoms with Gasteiger partial charge in [-0.3, -0.25) is 0 Å². The summed E-state index contributed by atoms with van der Waals surface area (Å²) in [5, 5.41) is 0.0881. The van der Waals surface area contributed by atoms with Gasteiger partial charge in [-0.05, 0) is 48.7 Å². The second-order valence-corrected chi connectivity index (χ2v) is 5.67. The fraction of sp³-hybridized carbons (Fsp3) is 0.250. The monoisotopic (exact) mass is 326 g/mol. The lowest BCUT2D eigenvalue weighted by atomic mass is 9.99. The Kier molecular flexibility index (Phi) is 3.68. The van der Waals surface area contributed by atoms with Crippen LogP contribution in [0.25, 0.3) is 0 Å². The minimum atomic E-state index is -4.40. The second kappa shape index (κ2) is 5.39. The Bertz CT molecular complexity index is 713. The normalized spacial score (nSPS) is 14.8. The summed E-state index contributed by atoms with van der Waals surface area (Å²) in [7, 11) is 0. The zero-order chi connectivity index (χ0) is 15.9. The van der Waals surface area contributed by atoms with Gasteiger partial charge in [0.25, 0.3) is 0 Å². The predicted octanol–water partition coefficient (Wildman–Crippen LogP) is 5.03. The van der Waals surface area contributed by atoms with Crippen LogP contribution >= 0.6 is 11.6 Å². The zero-order valence-corrected chi connectivity index (χ0v) is 12.4. The summed E-state index contributed by atoms with van der Waals surface area (Å²) in [6.07, 6.45) is -2.66. The standard InChI is InChI=1S/C16H14ClF3N2/c17-12-9-10(16(18,19)20)6-7-15(12)22-8-2-3-11-13(21)4-1-5-14(11)22/h1,4-7,9H,2-3,8,21H2. The predicted molar refractivity (Wildman–Crippen MR) is 82.6 cm³/mol. The molecule has 0 amide bonds. The number of nitrogens with two attached hydrogens (primary N) is 1. The van der Waals surface area contributed by atoms with Gasteiger partial charge >= 0.3 is 6.18 Å². The molecule has 2 aromatic carbocycles. The Labute approximate surface area is 131 Å². The highest BCUT2D eigenvalue weighted by Crippen LogP contribution is 2.41. The average Bonchev–Trinajstić information content (AvgIpc) is 2.46. The molecule has 0 unspecified atom stereocenters. The molecule has 1 aliphatic rings. The van der Waals surface area contributed by atoms with Crippen LogP contribution in [0.15, 0.2) is 36.4 Å². The van der Waals surface area contributed by atoms with Crippen LogP contribution < -0.4 is 10.6 Å². The van der Waals surface area contributed by atoms with Gasteiger partial charge in [0.15, 0.2) is 0 Å². The molecule has 2 nitrogen and oxygen atoms in total. The third-order valence-electron chi connectivity index (χ3n) is 3.85. The number of hydrogen-bond donors (Lipinski definition) is 1. The Morgan fingerprint density at radius 2 is 1.86 bits per heavy atom. The molecule has 116 valence electrons. The van der Waals surface area contributed by atoms with Crippen LogP contribution in [0.2, 0.25) is 5.02 Å². The molecule has 0 aromatic heterocycles. The number of nitrogens with zero attached hydrogens (tertiary/aromatic N) is 1. The zero-order valence-electron chi connectivity index (χ0n) is 11.6. The van der Waals surface area contributed by atoms with E-state index in [0.717, 1.165) is 36.2 Å². The molecule has 6 heteroatoms. The summed E-state index contributed by atoms with van der Waals surface area (Å²) in [5.41, 5.74) is 8.45. The summed E-state index contributed by atoms with van der Waals surface area (Å²) in [6.45, 7) is 0.696. The van der Waals surface area contributed by atoms with Crippen molar-refractivity contribution in [3.8, 4) is 0 Å². The van der Waals surface area contributed by atoms with Crippen molar-refractivity contribution in [1.82, 2.24) is 0 Å². The minimum Gasteiger partial charge on any atom is -0.398 e. The van der Waals surface area contributed by atoms with Crippen molar-refractivity contribution in [2.45, 2.75) is 19.0 Å². The quantitative estimate of drug-likeness (QED) is 0.745. The van der Waals surface area contributed by atoms with Crippen LogP contribution in [-0.2, 0) is 12.6 Å². The van der Waals surface area contributed by atoms with E-state index in [-0.39, 0.29) is 5.02 Å². The van der Waals surface area contributed by atoms with Gasteiger partial charge in [-0.15, -0.1) is 0 Å². The van der Waals surface area contributed by atoms with Gasteiger partial charge in [0.05, 0.1) is 16.3 Å². The molecule has 1 heterocycles. The maximum Gasteiger partial charge on any atom is 0.416 e. The highest BCUT2D eigenvalue weighted by Gasteiger charge is 2.31. The molecule has 2 N–H and O–H groups in total. The third-order valence-corrected chi connectivity index (χ3v) is 4.16. The molecule has 0 radical (unpaired) electrons. The second-order valence-electron chi connectivity index (χ2n) is 5.26. The lowest BCUT2D eigenvalue weighted by Gasteiger charge is -2.32.